The van der Waals surface area contributed by atoms with Gasteiger partial charge in [-0.3, -0.25) is 14.4 Å². The van der Waals surface area contributed by atoms with Crippen molar-refractivity contribution >= 4 is 70.1 Å². The third-order valence-electron chi connectivity index (χ3n) is 7.01. The lowest BCUT2D eigenvalue weighted by atomic mass is 10.1. The van der Waals surface area contributed by atoms with E-state index in [9.17, 15) is 14.4 Å². The molecule has 0 aliphatic heterocycles. The van der Waals surface area contributed by atoms with Crippen LogP contribution in [-0.4, -0.2) is 17.7 Å². The second kappa shape index (κ2) is 15.6. The van der Waals surface area contributed by atoms with E-state index in [1.165, 1.54) is 17.8 Å². The summed E-state index contributed by atoms with van der Waals surface area (Å²) in [5.41, 5.74) is 4.95. The Labute approximate surface area is 288 Å². The molecule has 0 fully saturated rings. The number of thioether (sulfide) groups is 1. The number of benzene rings is 5. The molecule has 0 heterocycles. The number of carbonyl (C=O) groups is 3. The fourth-order valence-electron chi connectivity index (χ4n) is 4.84. The molecular formula is C38H31Cl2N3O3S. The zero-order valence-electron chi connectivity index (χ0n) is 25.6. The number of hydrogen-bond acceptors (Lipinski definition) is 4. The second-order valence-corrected chi connectivity index (χ2v) is 12.8. The van der Waals surface area contributed by atoms with E-state index in [0.29, 0.717) is 26.9 Å². The van der Waals surface area contributed by atoms with Crippen molar-refractivity contribution < 1.29 is 14.4 Å². The molecule has 0 saturated heterocycles. The molecule has 9 heteroatoms. The Balaban J connectivity index is 1.35. The van der Waals surface area contributed by atoms with Crippen LogP contribution in [0.5, 0.6) is 0 Å². The van der Waals surface area contributed by atoms with Gasteiger partial charge in [0.05, 0.1) is 0 Å². The van der Waals surface area contributed by atoms with Crippen molar-refractivity contribution in [3.05, 3.63) is 165 Å². The molecule has 0 saturated carbocycles. The molecule has 1 atom stereocenters. The minimum absolute atomic E-state index is 0.0421. The molecule has 47 heavy (non-hydrogen) atoms. The Morgan fingerprint density at radius 2 is 1.28 bits per heavy atom. The lowest BCUT2D eigenvalue weighted by molar-refractivity contribution is -0.116. The summed E-state index contributed by atoms with van der Waals surface area (Å²) in [6.45, 7) is 3.99. The maximum absolute atomic E-state index is 13.6. The highest BCUT2D eigenvalue weighted by atomic mass is 35.5. The Morgan fingerprint density at radius 3 is 1.89 bits per heavy atom. The molecule has 0 aliphatic carbocycles. The van der Waals surface area contributed by atoms with Crippen molar-refractivity contribution in [3.8, 4) is 0 Å². The molecule has 3 amide bonds. The Bertz CT molecular complexity index is 1890. The summed E-state index contributed by atoms with van der Waals surface area (Å²) in [6, 6.07) is 36.2. The first-order valence-corrected chi connectivity index (χ1v) is 16.3. The number of aryl methyl sites for hydroxylation is 2. The first-order chi connectivity index (χ1) is 22.7. The highest BCUT2D eigenvalue weighted by Gasteiger charge is 2.23. The monoisotopic (exact) mass is 679 g/mol. The van der Waals surface area contributed by atoms with Crippen molar-refractivity contribution in [2.75, 3.05) is 10.6 Å². The fraction of sp³-hybridized carbons (Fsp3) is 0.0789. The van der Waals surface area contributed by atoms with Gasteiger partial charge in [0.15, 0.2) is 0 Å². The number of anilines is 2. The van der Waals surface area contributed by atoms with Crippen LogP contribution in [0.15, 0.2) is 132 Å². The zero-order valence-corrected chi connectivity index (χ0v) is 27.9. The van der Waals surface area contributed by atoms with Gasteiger partial charge in [0.25, 0.3) is 11.8 Å². The first-order valence-electron chi connectivity index (χ1n) is 14.7. The van der Waals surface area contributed by atoms with Gasteiger partial charge in [-0.15, -0.1) is 11.8 Å². The molecular weight excluding hydrogens is 649 g/mol. The van der Waals surface area contributed by atoms with Crippen LogP contribution in [0.4, 0.5) is 11.4 Å². The fourth-order valence-corrected chi connectivity index (χ4v) is 6.37. The molecule has 1 unspecified atom stereocenters. The summed E-state index contributed by atoms with van der Waals surface area (Å²) in [7, 11) is 0. The molecule has 0 aromatic heterocycles. The first kappa shape index (κ1) is 33.5. The van der Waals surface area contributed by atoms with Gasteiger partial charge >= 0.3 is 0 Å². The van der Waals surface area contributed by atoms with Crippen molar-refractivity contribution in [1.29, 1.82) is 0 Å². The van der Waals surface area contributed by atoms with E-state index in [0.717, 1.165) is 27.3 Å². The molecule has 0 spiro atoms. The van der Waals surface area contributed by atoms with Crippen molar-refractivity contribution in [3.63, 3.8) is 0 Å². The molecule has 0 bridgehead atoms. The normalized spacial score (nSPS) is 11.8. The van der Waals surface area contributed by atoms with Crippen molar-refractivity contribution in [2.24, 2.45) is 0 Å². The summed E-state index contributed by atoms with van der Waals surface area (Å²) in [5.74, 6) is -1.18. The van der Waals surface area contributed by atoms with Gasteiger partial charge in [0.1, 0.15) is 10.9 Å². The number of hydrogen-bond donors (Lipinski definition) is 3. The van der Waals surface area contributed by atoms with E-state index in [-0.39, 0.29) is 11.6 Å². The van der Waals surface area contributed by atoms with Crippen molar-refractivity contribution in [2.45, 2.75) is 24.0 Å². The molecule has 0 aliphatic rings. The van der Waals surface area contributed by atoms with E-state index >= 15 is 0 Å². The predicted molar refractivity (Wildman–Crippen MR) is 193 cm³/mol. The lowest BCUT2D eigenvalue weighted by Crippen LogP contribution is -2.30. The average Bonchev–Trinajstić information content (AvgIpc) is 3.05. The molecule has 6 nitrogen and oxygen atoms in total. The van der Waals surface area contributed by atoms with Crippen LogP contribution < -0.4 is 16.0 Å². The van der Waals surface area contributed by atoms with Gasteiger partial charge in [-0.2, -0.15) is 0 Å². The molecule has 5 rings (SSSR count). The van der Waals surface area contributed by atoms with E-state index in [1.807, 2.05) is 68.4 Å². The molecule has 236 valence electrons. The quantitative estimate of drug-likeness (QED) is 0.101. The number of rotatable bonds is 10. The van der Waals surface area contributed by atoms with Gasteiger partial charge < -0.3 is 16.0 Å². The van der Waals surface area contributed by atoms with E-state index < -0.39 is 17.1 Å². The van der Waals surface area contributed by atoms with Crippen LogP contribution in [0.3, 0.4) is 0 Å². The third-order valence-corrected chi connectivity index (χ3v) is 8.94. The SMILES string of the molecule is Cc1cc(C)cc(NC(=O)C(Sc2ccc(NC(=O)/C(=C/c3c(Cl)cccc3Cl)NC(=O)c3ccccc3)cc2)c2ccccc2)c1. The summed E-state index contributed by atoms with van der Waals surface area (Å²) in [5, 5.41) is 8.73. The predicted octanol–water partition coefficient (Wildman–Crippen LogP) is 9.49. The minimum atomic E-state index is -0.569. The molecule has 0 radical (unpaired) electrons. The maximum Gasteiger partial charge on any atom is 0.272 e. The summed E-state index contributed by atoms with van der Waals surface area (Å²) >= 11 is 14.1. The van der Waals surface area contributed by atoms with Crippen LogP contribution in [0, 0.1) is 13.8 Å². The smallest absolute Gasteiger partial charge is 0.272 e. The maximum atomic E-state index is 13.6. The van der Waals surface area contributed by atoms with Gasteiger partial charge in [0, 0.05) is 37.4 Å². The Kier molecular flexibility index (Phi) is 11.2. The summed E-state index contributed by atoms with van der Waals surface area (Å²) in [6.07, 6.45) is 1.45. The third kappa shape index (κ3) is 9.14. The lowest BCUT2D eigenvalue weighted by Gasteiger charge is -2.18. The Morgan fingerprint density at radius 1 is 0.681 bits per heavy atom. The Hall–Kier alpha value is -4.82. The molecule has 3 N–H and O–H groups in total. The van der Waals surface area contributed by atoms with Gasteiger partial charge in [-0.05, 0) is 97.3 Å². The van der Waals surface area contributed by atoms with Gasteiger partial charge in [-0.1, -0.05) is 83.9 Å². The van der Waals surface area contributed by atoms with Crippen LogP contribution in [-0.2, 0) is 9.59 Å². The summed E-state index contributed by atoms with van der Waals surface area (Å²) in [4.78, 5) is 40.9. The minimum Gasteiger partial charge on any atom is -0.325 e. The molecule has 5 aromatic rings. The largest absolute Gasteiger partial charge is 0.325 e. The molecule has 5 aromatic carbocycles. The highest BCUT2D eigenvalue weighted by molar-refractivity contribution is 8.00. The number of amides is 3. The standard InChI is InChI=1S/C38H31Cl2N3O3S/c1-24-20-25(2)22-29(21-24)42-38(46)35(26-10-5-3-6-11-26)47-30-18-16-28(17-19-30)41-37(45)34(23-31-32(39)14-9-15-33(31)40)43-36(44)27-12-7-4-8-13-27/h3-23,35H,1-2H3,(H,41,45)(H,42,46)(H,43,44)/b34-23-. The average molecular weight is 681 g/mol. The number of nitrogens with one attached hydrogen (secondary N) is 3. The second-order valence-electron chi connectivity index (χ2n) is 10.8. The van der Waals surface area contributed by atoms with Crippen molar-refractivity contribution in [1.82, 2.24) is 5.32 Å². The van der Waals surface area contributed by atoms with E-state index in [1.54, 1.807) is 60.7 Å². The van der Waals surface area contributed by atoms with Crippen LogP contribution >= 0.6 is 35.0 Å². The van der Waals surface area contributed by atoms with Crippen LogP contribution in [0.2, 0.25) is 10.0 Å². The van der Waals surface area contributed by atoms with Gasteiger partial charge in [0.2, 0.25) is 5.91 Å². The van der Waals surface area contributed by atoms with E-state index in [4.69, 9.17) is 23.2 Å². The zero-order chi connectivity index (χ0) is 33.3. The number of halogens is 2. The van der Waals surface area contributed by atoms with Gasteiger partial charge in [-0.25, -0.2) is 0 Å². The van der Waals surface area contributed by atoms with E-state index in [2.05, 4.69) is 22.0 Å². The topological polar surface area (TPSA) is 87.3 Å². The highest BCUT2D eigenvalue weighted by Crippen LogP contribution is 2.37. The van der Waals surface area contributed by atoms with Crippen LogP contribution in [0.1, 0.15) is 37.9 Å². The van der Waals surface area contributed by atoms with Crippen LogP contribution in [0.25, 0.3) is 6.08 Å². The summed E-state index contributed by atoms with van der Waals surface area (Å²) < 4.78 is 0. The number of carbonyl (C=O) groups excluding carboxylic acids is 3.